The van der Waals surface area contributed by atoms with E-state index in [4.69, 9.17) is 9.79 Å². The Labute approximate surface area is 56.2 Å². The van der Waals surface area contributed by atoms with Crippen LogP contribution in [0.4, 0.5) is 8.78 Å². The molecule has 0 atom stereocenters. The predicted molar refractivity (Wildman–Crippen MR) is 30.7 cm³/mol. The van der Waals surface area contributed by atoms with Crippen LogP contribution in [0.2, 0.25) is 0 Å². The molecule has 0 aromatic carbocycles. The SMILES string of the molecule is NCCC(F)(F)P(=O)(O)O. The van der Waals surface area contributed by atoms with Crippen LogP contribution in [0, 0.1) is 0 Å². The molecule has 0 radical (unpaired) electrons. The molecule has 4 N–H and O–H groups in total. The van der Waals surface area contributed by atoms with Crippen LogP contribution in [0.3, 0.4) is 0 Å². The van der Waals surface area contributed by atoms with Crippen molar-refractivity contribution in [2.24, 2.45) is 5.73 Å². The van der Waals surface area contributed by atoms with E-state index in [9.17, 15) is 13.3 Å². The van der Waals surface area contributed by atoms with E-state index in [0.717, 1.165) is 0 Å². The molecular formula is C3H8F2NO3P. The number of hydrogen-bond donors (Lipinski definition) is 3. The van der Waals surface area contributed by atoms with E-state index in [1.54, 1.807) is 0 Å². The number of halogens is 2. The normalized spacial score (nSPS) is 13.7. The minimum Gasteiger partial charge on any atom is -0.330 e. The molecule has 0 aromatic heterocycles. The number of rotatable bonds is 3. The second-order valence-electron chi connectivity index (χ2n) is 1.75. The number of hydrogen-bond acceptors (Lipinski definition) is 2. The Morgan fingerprint density at radius 3 is 2.00 bits per heavy atom. The average molecular weight is 175 g/mol. The predicted octanol–water partition coefficient (Wildman–Crippen LogP) is 0.106. The van der Waals surface area contributed by atoms with Gasteiger partial charge in [0.25, 0.3) is 0 Å². The lowest BCUT2D eigenvalue weighted by Crippen LogP contribution is -2.20. The van der Waals surface area contributed by atoms with Crippen LogP contribution in [-0.4, -0.2) is 22.0 Å². The summed E-state index contributed by atoms with van der Waals surface area (Å²) in [5, 5.41) is 0. The molecule has 0 aliphatic rings. The fraction of sp³-hybridized carbons (Fsp3) is 1.00. The third-order valence-electron chi connectivity index (χ3n) is 0.871. The molecule has 0 aromatic rings. The van der Waals surface area contributed by atoms with Gasteiger partial charge in [0.1, 0.15) is 0 Å². The smallest absolute Gasteiger partial charge is 0.330 e. The first-order valence-corrected chi connectivity index (χ1v) is 4.06. The van der Waals surface area contributed by atoms with Gasteiger partial charge in [-0.05, 0) is 6.54 Å². The zero-order chi connectivity index (χ0) is 8.41. The van der Waals surface area contributed by atoms with E-state index in [1.807, 2.05) is 0 Å². The fourth-order valence-electron chi connectivity index (χ4n) is 0.319. The topological polar surface area (TPSA) is 83.6 Å². The summed E-state index contributed by atoms with van der Waals surface area (Å²) in [6.45, 7) is -0.446. The average Bonchev–Trinajstić information content (AvgIpc) is 1.61. The maximum Gasteiger partial charge on any atom is 0.394 e. The zero-order valence-corrected chi connectivity index (χ0v) is 5.89. The van der Waals surface area contributed by atoms with Crippen molar-refractivity contribution >= 4 is 7.60 Å². The minimum atomic E-state index is -5.30. The molecule has 4 nitrogen and oxygen atoms in total. The molecule has 0 saturated heterocycles. The van der Waals surface area contributed by atoms with Crippen LogP contribution in [0.5, 0.6) is 0 Å². The molecule has 0 aliphatic heterocycles. The first-order valence-electron chi connectivity index (χ1n) is 2.45. The van der Waals surface area contributed by atoms with Gasteiger partial charge >= 0.3 is 13.3 Å². The molecule has 0 saturated carbocycles. The van der Waals surface area contributed by atoms with Crippen molar-refractivity contribution in [1.29, 1.82) is 0 Å². The summed E-state index contributed by atoms with van der Waals surface area (Å²) in [5.74, 6) is 0. The van der Waals surface area contributed by atoms with Crippen molar-refractivity contribution in [3.63, 3.8) is 0 Å². The number of nitrogens with two attached hydrogens (primary N) is 1. The summed E-state index contributed by atoms with van der Waals surface area (Å²) in [7, 11) is -5.30. The Bertz CT molecular complexity index is 156. The maximum absolute atomic E-state index is 12.1. The molecule has 0 heterocycles. The van der Waals surface area contributed by atoms with Crippen LogP contribution < -0.4 is 5.73 Å². The standard InChI is InChI=1S/C3H8F2NO3P/c4-3(5,1-2-6)10(7,8)9/h1-2,6H2,(H2,7,8,9). The van der Waals surface area contributed by atoms with Crippen molar-refractivity contribution in [3.05, 3.63) is 0 Å². The van der Waals surface area contributed by atoms with Crippen molar-refractivity contribution in [2.75, 3.05) is 6.54 Å². The Kier molecular flexibility index (Phi) is 2.91. The van der Waals surface area contributed by atoms with Gasteiger partial charge in [0.15, 0.2) is 0 Å². The van der Waals surface area contributed by atoms with Gasteiger partial charge in [0.2, 0.25) is 0 Å². The van der Waals surface area contributed by atoms with Gasteiger partial charge in [-0.1, -0.05) is 0 Å². The Morgan fingerprint density at radius 2 is 1.90 bits per heavy atom. The van der Waals surface area contributed by atoms with Crippen molar-refractivity contribution in [3.8, 4) is 0 Å². The molecule has 0 spiro atoms. The largest absolute Gasteiger partial charge is 0.394 e. The Hall–Kier alpha value is -0.0300. The second kappa shape index (κ2) is 2.92. The van der Waals surface area contributed by atoms with Gasteiger partial charge in [0.05, 0.1) is 0 Å². The van der Waals surface area contributed by atoms with Crippen molar-refractivity contribution < 1.29 is 23.1 Å². The molecule has 0 aliphatic carbocycles. The van der Waals surface area contributed by atoms with Crippen LogP contribution in [0.25, 0.3) is 0 Å². The quantitative estimate of drug-likeness (QED) is 0.531. The van der Waals surface area contributed by atoms with Gasteiger partial charge < -0.3 is 15.5 Å². The van der Waals surface area contributed by atoms with Crippen molar-refractivity contribution in [1.82, 2.24) is 0 Å². The molecule has 0 unspecified atom stereocenters. The lowest BCUT2D eigenvalue weighted by molar-refractivity contribution is 0.0528. The molecule has 0 rings (SSSR count). The van der Waals surface area contributed by atoms with Gasteiger partial charge in [-0.25, -0.2) is 0 Å². The van der Waals surface area contributed by atoms with Crippen molar-refractivity contribution in [2.45, 2.75) is 12.1 Å². The highest BCUT2D eigenvalue weighted by atomic mass is 31.2. The highest BCUT2D eigenvalue weighted by Crippen LogP contribution is 2.54. The number of alkyl halides is 2. The molecule has 0 bridgehead atoms. The van der Waals surface area contributed by atoms with Crippen LogP contribution in [-0.2, 0) is 4.57 Å². The van der Waals surface area contributed by atoms with E-state index in [2.05, 4.69) is 5.73 Å². The zero-order valence-electron chi connectivity index (χ0n) is 5.00. The first kappa shape index (κ1) is 9.97. The highest BCUT2D eigenvalue weighted by molar-refractivity contribution is 7.53. The van der Waals surface area contributed by atoms with Gasteiger partial charge in [0, 0.05) is 6.42 Å². The van der Waals surface area contributed by atoms with Crippen LogP contribution >= 0.6 is 7.60 Å². The summed E-state index contributed by atoms with van der Waals surface area (Å²) in [6.07, 6.45) is -0.989. The fourth-order valence-corrected chi connectivity index (χ4v) is 0.740. The first-order chi connectivity index (χ1) is 4.31. The van der Waals surface area contributed by atoms with E-state index in [1.165, 1.54) is 0 Å². The minimum absolute atomic E-state index is 0.446. The monoisotopic (exact) mass is 175 g/mol. The molecule has 0 fully saturated rings. The van der Waals surface area contributed by atoms with Gasteiger partial charge in [-0.2, -0.15) is 8.78 Å². The summed E-state index contributed by atoms with van der Waals surface area (Å²) in [4.78, 5) is 16.0. The highest BCUT2D eigenvalue weighted by Gasteiger charge is 2.47. The summed E-state index contributed by atoms with van der Waals surface area (Å²) in [5.41, 5.74) is 0.718. The maximum atomic E-state index is 12.1. The molecule has 62 valence electrons. The third kappa shape index (κ3) is 2.30. The van der Waals surface area contributed by atoms with Gasteiger partial charge in [-0.15, -0.1) is 0 Å². The van der Waals surface area contributed by atoms with E-state index in [-0.39, 0.29) is 0 Å². The van der Waals surface area contributed by atoms with E-state index < -0.39 is 26.2 Å². The summed E-state index contributed by atoms with van der Waals surface area (Å²) < 4.78 is 34.1. The lowest BCUT2D eigenvalue weighted by atomic mass is 10.4. The molecule has 10 heavy (non-hydrogen) atoms. The summed E-state index contributed by atoms with van der Waals surface area (Å²) in [6, 6.07) is 0. The van der Waals surface area contributed by atoms with Crippen LogP contribution in [0.15, 0.2) is 0 Å². The molecular weight excluding hydrogens is 167 g/mol. The Balaban J connectivity index is 4.25. The third-order valence-corrected chi connectivity index (χ3v) is 1.95. The van der Waals surface area contributed by atoms with Gasteiger partial charge in [-0.3, -0.25) is 4.57 Å². The second-order valence-corrected chi connectivity index (χ2v) is 3.49. The lowest BCUT2D eigenvalue weighted by Gasteiger charge is -2.15. The molecule has 7 heteroatoms. The Morgan fingerprint density at radius 1 is 1.50 bits per heavy atom. The summed E-state index contributed by atoms with van der Waals surface area (Å²) >= 11 is 0. The molecule has 0 amide bonds. The van der Waals surface area contributed by atoms with E-state index in [0.29, 0.717) is 0 Å². The van der Waals surface area contributed by atoms with Crippen LogP contribution in [0.1, 0.15) is 6.42 Å². The van der Waals surface area contributed by atoms with E-state index >= 15 is 0 Å².